The normalized spacial score (nSPS) is 15.9. The lowest BCUT2D eigenvalue weighted by Crippen LogP contribution is -2.39. The molecule has 5 rings (SSSR count). The largest absolute Gasteiger partial charge is 0.443 e. The first-order valence-electron chi connectivity index (χ1n) is 15.0. The summed E-state index contributed by atoms with van der Waals surface area (Å²) in [6.45, 7) is 11.3. The van der Waals surface area contributed by atoms with Crippen LogP contribution in [0.5, 0.6) is 0 Å². The summed E-state index contributed by atoms with van der Waals surface area (Å²) >= 11 is 1.29. The van der Waals surface area contributed by atoms with Crippen molar-refractivity contribution in [1.29, 1.82) is 5.26 Å². The van der Waals surface area contributed by atoms with E-state index in [0.29, 0.717) is 48.3 Å². The van der Waals surface area contributed by atoms with E-state index < -0.39 is 5.60 Å². The average Bonchev–Trinajstić information content (AvgIpc) is 3.78. The quantitative estimate of drug-likeness (QED) is 0.157. The number of hydrogen-bond donors (Lipinski definition) is 3. The fraction of sp³-hybridized carbons (Fsp3) is 0.424. The molecule has 4 heterocycles. The maximum Gasteiger partial charge on any atom is 0.268 e. The molecule has 12 heteroatoms. The standard InChI is InChI=1S/C33H39N7O4S/c1-32(2,3)14-22(15-34)30(42)39-12-6-7-23(39)18-40-25-9-8-21(16-35-19-33(4,5)43)13-24(25)37-31(40)38-29(41)28-11-10-27(45-28)26-17-36-20-44-26/h8-11,13-14,17,20,23,35,43H,6-7,12,16,18-19H2,1-5H3,(H,37,38,41)/t23-/m1/s1. The zero-order chi connectivity index (χ0) is 32.4. The Morgan fingerprint density at radius 1 is 1.22 bits per heavy atom. The first-order chi connectivity index (χ1) is 21.3. The third kappa shape index (κ3) is 7.86. The van der Waals surface area contributed by atoms with Gasteiger partial charge in [-0.2, -0.15) is 5.26 Å². The van der Waals surface area contributed by atoms with E-state index in [1.807, 2.05) is 49.6 Å². The molecule has 0 unspecified atom stereocenters. The van der Waals surface area contributed by atoms with Gasteiger partial charge in [0.15, 0.2) is 12.2 Å². The van der Waals surface area contributed by atoms with Crippen LogP contribution >= 0.6 is 11.3 Å². The number of oxazole rings is 1. The van der Waals surface area contributed by atoms with Crippen molar-refractivity contribution in [2.24, 2.45) is 5.41 Å². The molecule has 1 aliphatic heterocycles. The van der Waals surface area contributed by atoms with Gasteiger partial charge in [-0.15, -0.1) is 11.3 Å². The first kappa shape index (κ1) is 32.1. The van der Waals surface area contributed by atoms with E-state index in [-0.39, 0.29) is 28.8 Å². The molecular formula is C33H39N7O4S. The summed E-state index contributed by atoms with van der Waals surface area (Å²) in [5.41, 5.74) is 1.48. The first-order valence-corrected chi connectivity index (χ1v) is 15.8. The van der Waals surface area contributed by atoms with Crippen LogP contribution in [0.1, 0.15) is 62.7 Å². The van der Waals surface area contributed by atoms with Crippen molar-refractivity contribution in [3.8, 4) is 16.7 Å². The van der Waals surface area contributed by atoms with Crippen molar-refractivity contribution < 1.29 is 19.1 Å². The van der Waals surface area contributed by atoms with Crippen molar-refractivity contribution in [3.05, 3.63) is 65.0 Å². The van der Waals surface area contributed by atoms with Gasteiger partial charge >= 0.3 is 0 Å². The van der Waals surface area contributed by atoms with E-state index in [0.717, 1.165) is 28.8 Å². The van der Waals surface area contributed by atoms with Gasteiger partial charge in [0.1, 0.15) is 11.6 Å². The summed E-state index contributed by atoms with van der Waals surface area (Å²) in [6.07, 6.45) is 6.25. The van der Waals surface area contributed by atoms with Gasteiger partial charge < -0.3 is 24.3 Å². The van der Waals surface area contributed by atoms with Gasteiger partial charge in [-0.05, 0) is 61.9 Å². The number of benzene rings is 1. The minimum atomic E-state index is -0.837. The molecule has 236 valence electrons. The van der Waals surface area contributed by atoms with E-state index in [9.17, 15) is 20.0 Å². The number of nitrogens with zero attached hydrogens (tertiary/aromatic N) is 5. The van der Waals surface area contributed by atoms with E-state index in [4.69, 9.17) is 9.40 Å². The maximum absolute atomic E-state index is 13.5. The van der Waals surface area contributed by atoms with Crippen molar-refractivity contribution in [3.63, 3.8) is 0 Å². The lowest BCUT2D eigenvalue weighted by molar-refractivity contribution is -0.127. The molecule has 3 N–H and O–H groups in total. The zero-order valence-corrected chi connectivity index (χ0v) is 27.1. The smallest absolute Gasteiger partial charge is 0.268 e. The minimum Gasteiger partial charge on any atom is -0.443 e. The second-order valence-electron chi connectivity index (χ2n) is 13.1. The van der Waals surface area contributed by atoms with Crippen LogP contribution < -0.4 is 10.6 Å². The lowest BCUT2D eigenvalue weighted by atomic mass is 9.93. The Kier molecular flexibility index (Phi) is 9.25. The number of amides is 2. The summed E-state index contributed by atoms with van der Waals surface area (Å²) in [7, 11) is 0. The molecule has 1 atom stereocenters. The Bertz CT molecular complexity index is 1750. The average molecular weight is 630 g/mol. The van der Waals surface area contributed by atoms with E-state index in [2.05, 4.69) is 21.7 Å². The monoisotopic (exact) mass is 629 g/mol. The number of aromatic nitrogens is 3. The molecule has 1 aromatic carbocycles. The number of imidazole rings is 1. The van der Waals surface area contributed by atoms with E-state index >= 15 is 0 Å². The van der Waals surface area contributed by atoms with E-state index in [1.165, 1.54) is 17.7 Å². The molecule has 4 aromatic rings. The van der Waals surface area contributed by atoms with Gasteiger partial charge in [-0.25, -0.2) is 9.97 Å². The number of allylic oxidation sites excluding steroid dienone is 1. The molecule has 0 aliphatic carbocycles. The molecule has 0 saturated carbocycles. The number of nitrogens with one attached hydrogen (secondary N) is 2. The summed E-state index contributed by atoms with van der Waals surface area (Å²) in [5.74, 6) is 0.369. The van der Waals surface area contributed by atoms with Crippen LogP contribution in [0.3, 0.4) is 0 Å². The number of nitriles is 1. The minimum absolute atomic E-state index is 0.141. The van der Waals surface area contributed by atoms with Gasteiger partial charge in [0, 0.05) is 26.2 Å². The third-order valence-electron chi connectivity index (χ3n) is 7.39. The summed E-state index contributed by atoms with van der Waals surface area (Å²) < 4.78 is 7.33. The fourth-order valence-electron chi connectivity index (χ4n) is 5.40. The number of hydrogen-bond acceptors (Lipinski definition) is 9. The van der Waals surface area contributed by atoms with Crippen LogP contribution in [0.4, 0.5) is 5.95 Å². The van der Waals surface area contributed by atoms with Crippen LogP contribution in [-0.2, 0) is 17.9 Å². The van der Waals surface area contributed by atoms with E-state index in [1.54, 1.807) is 37.1 Å². The van der Waals surface area contributed by atoms with Crippen LogP contribution in [-0.4, -0.2) is 61.1 Å². The van der Waals surface area contributed by atoms with Crippen molar-refractivity contribution in [2.45, 2.75) is 72.2 Å². The number of fused-ring (bicyclic) bond motifs is 1. The number of aliphatic hydroxyl groups is 1. The Morgan fingerprint density at radius 3 is 2.71 bits per heavy atom. The number of anilines is 1. The zero-order valence-electron chi connectivity index (χ0n) is 26.3. The molecule has 11 nitrogen and oxygen atoms in total. The number of carbonyl (C=O) groups is 2. The topological polar surface area (TPSA) is 149 Å². The van der Waals surface area contributed by atoms with Crippen LogP contribution in [0, 0.1) is 16.7 Å². The molecule has 45 heavy (non-hydrogen) atoms. The summed E-state index contributed by atoms with van der Waals surface area (Å²) in [5, 5.41) is 26.1. The van der Waals surface area contributed by atoms with Gasteiger partial charge in [-0.3, -0.25) is 14.9 Å². The van der Waals surface area contributed by atoms with Crippen LogP contribution in [0.15, 0.2) is 59.0 Å². The molecule has 1 fully saturated rings. The highest BCUT2D eigenvalue weighted by atomic mass is 32.1. The Labute approximate surface area is 266 Å². The Morgan fingerprint density at radius 2 is 2.02 bits per heavy atom. The van der Waals surface area contributed by atoms with Crippen molar-refractivity contribution in [1.82, 2.24) is 24.8 Å². The predicted octanol–water partition coefficient (Wildman–Crippen LogP) is 5.35. The van der Waals surface area contributed by atoms with Gasteiger partial charge in [-0.1, -0.05) is 32.9 Å². The maximum atomic E-state index is 13.5. The highest BCUT2D eigenvalue weighted by molar-refractivity contribution is 7.17. The molecule has 0 radical (unpaired) electrons. The van der Waals surface area contributed by atoms with Gasteiger partial charge in [0.25, 0.3) is 11.8 Å². The third-order valence-corrected chi connectivity index (χ3v) is 8.49. The molecule has 1 saturated heterocycles. The van der Waals surface area contributed by atoms with Crippen LogP contribution in [0.25, 0.3) is 21.7 Å². The molecule has 3 aromatic heterocycles. The summed E-state index contributed by atoms with van der Waals surface area (Å²) in [4.78, 5) is 38.8. The fourth-order valence-corrected chi connectivity index (χ4v) is 6.26. The lowest BCUT2D eigenvalue weighted by Gasteiger charge is -2.26. The Hall–Kier alpha value is -4.31. The molecular weight excluding hydrogens is 590 g/mol. The number of rotatable bonds is 10. The molecule has 0 spiro atoms. The highest BCUT2D eigenvalue weighted by Crippen LogP contribution is 2.30. The second-order valence-corrected chi connectivity index (χ2v) is 14.2. The second kappa shape index (κ2) is 13.0. The van der Waals surface area contributed by atoms with Crippen molar-refractivity contribution in [2.75, 3.05) is 18.4 Å². The number of carbonyl (C=O) groups excluding carboxylic acids is 2. The highest BCUT2D eigenvalue weighted by Gasteiger charge is 2.33. The molecule has 1 aliphatic rings. The SMILES string of the molecule is CC(C)(C)C=C(C#N)C(=O)N1CCC[C@@H]1Cn1c(NC(=O)c2ccc(-c3cnco3)s2)nc2cc(CNCC(C)(C)O)ccc21. The Balaban J connectivity index is 1.45. The molecule has 2 amide bonds. The number of likely N-dealkylation sites (tertiary alicyclic amines) is 1. The van der Waals surface area contributed by atoms with Gasteiger partial charge in [0.2, 0.25) is 5.95 Å². The predicted molar refractivity (Wildman–Crippen MR) is 173 cm³/mol. The van der Waals surface area contributed by atoms with Crippen LogP contribution in [0.2, 0.25) is 0 Å². The number of thiophene rings is 1. The summed E-state index contributed by atoms with van der Waals surface area (Å²) in [6, 6.07) is 11.4. The van der Waals surface area contributed by atoms with Gasteiger partial charge in [0.05, 0.1) is 38.6 Å². The van der Waals surface area contributed by atoms with Crippen molar-refractivity contribution >= 4 is 40.1 Å². The molecule has 0 bridgehead atoms.